The highest BCUT2D eigenvalue weighted by Gasteiger charge is 2.21. The van der Waals surface area contributed by atoms with E-state index in [0.717, 1.165) is 12.8 Å². The van der Waals surface area contributed by atoms with E-state index < -0.39 is 11.7 Å². The molecule has 0 spiro atoms. The van der Waals surface area contributed by atoms with Crippen molar-refractivity contribution in [3.63, 3.8) is 0 Å². The molecule has 1 rings (SSSR count). The summed E-state index contributed by atoms with van der Waals surface area (Å²) >= 11 is 3.24. The van der Waals surface area contributed by atoms with Crippen LogP contribution in [0.15, 0.2) is 4.47 Å². The molecular formula is C12H17BrN4O2. The fraction of sp³-hybridized carbons (Fsp3) is 0.583. The molecule has 0 saturated heterocycles. The van der Waals surface area contributed by atoms with E-state index in [0.29, 0.717) is 10.2 Å². The predicted octanol–water partition coefficient (Wildman–Crippen LogP) is 2.85. The first-order chi connectivity index (χ1) is 8.89. The summed E-state index contributed by atoms with van der Waals surface area (Å²) in [6.45, 7) is 6.00. The summed E-state index contributed by atoms with van der Waals surface area (Å²) in [5.74, 6) is 0. The SMILES string of the molecule is CCCC(C)(C)OC(=O)NCc1[nH]nc(C#N)c1Br. The number of amides is 1. The maximum atomic E-state index is 11.6. The van der Waals surface area contributed by atoms with Crippen molar-refractivity contribution < 1.29 is 9.53 Å². The van der Waals surface area contributed by atoms with Gasteiger partial charge >= 0.3 is 6.09 Å². The van der Waals surface area contributed by atoms with Gasteiger partial charge in [-0.2, -0.15) is 10.4 Å². The van der Waals surface area contributed by atoms with Crippen LogP contribution in [-0.2, 0) is 11.3 Å². The topological polar surface area (TPSA) is 90.8 Å². The zero-order chi connectivity index (χ0) is 14.5. The van der Waals surface area contributed by atoms with Crippen molar-refractivity contribution in [3.05, 3.63) is 15.9 Å². The van der Waals surface area contributed by atoms with Gasteiger partial charge in [-0.25, -0.2) is 4.79 Å². The molecule has 0 aliphatic heterocycles. The molecule has 19 heavy (non-hydrogen) atoms. The van der Waals surface area contributed by atoms with Crippen molar-refractivity contribution in [2.75, 3.05) is 0 Å². The van der Waals surface area contributed by atoms with Crippen LogP contribution in [0.1, 0.15) is 45.0 Å². The molecule has 0 aliphatic carbocycles. The van der Waals surface area contributed by atoms with Gasteiger partial charge in [-0.3, -0.25) is 5.10 Å². The maximum Gasteiger partial charge on any atom is 0.407 e. The summed E-state index contributed by atoms with van der Waals surface area (Å²) in [5.41, 5.74) is 0.403. The number of halogens is 1. The summed E-state index contributed by atoms with van der Waals surface area (Å²) in [7, 11) is 0. The molecule has 6 nitrogen and oxygen atoms in total. The van der Waals surface area contributed by atoms with E-state index >= 15 is 0 Å². The van der Waals surface area contributed by atoms with Gasteiger partial charge in [-0.15, -0.1) is 0 Å². The lowest BCUT2D eigenvalue weighted by atomic mass is 10.0. The highest BCUT2D eigenvalue weighted by atomic mass is 79.9. The molecule has 1 heterocycles. The third kappa shape index (κ3) is 4.56. The minimum absolute atomic E-state index is 0.219. The van der Waals surface area contributed by atoms with Gasteiger partial charge in [0.25, 0.3) is 0 Å². The van der Waals surface area contributed by atoms with E-state index in [9.17, 15) is 4.79 Å². The van der Waals surface area contributed by atoms with Crippen LogP contribution in [0.4, 0.5) is 4.79 Å². The summed E-state index contributed by atoms with van der Waals surface area (Å²) in [5, 5.41) is 17.8. The predicted molar refractivity (Wildman–Crippen MR) is 73.3 cm³/mol. The Labute approximate surface area is 120 Å². The van der Waals surface area contributed by atoms with Crippen molar-refractivity contribution in [2.45, 2.75) is 45.8 Å². The summed E-state index contributed by atoms with van der Waals surface area (Å²) in [6.07, 6.45) is 1.25. The van der Waals surface area contributed by atoms with Gasteiger partial charge in [-0.1, -0.05) is 13.3 Å². The zero-order valence-electron chi connectivity index (χ0n) is 11.2. The monoisotopic (exact) mass is 328 g/mol. The molecule has 2 N–H and O–H groups in total. The molecule has 1 aromatic heterocycles. The summed E-state index contributed by atoms with van der Waals surface area (Å²) in [4.78, 5) is 11.6. The second-order valence-electron chi connectivity index (χ2n) is 4.73. The van der Waals surface area contributed by atoms with Crippen LogP contribution in [0.3, 0.4) is 0 Å². The Morgan fingerprint density at radius 3 is 2.84 bits per heavy atom. The third-order valence-electron chi connectivity index (χ3n) is 2.51. The third-order valence-corrected chi connectivity index (χ3v) is 3.37. The lowest BCUT2D eigenvalue weighted by molar-refractivity contribution is 0.0319. The molecule has 0 unspecified atom stereocenters. The lowest BCUT2D eigenvalue weighted by Gasteiger charge is -2.24. The maximum absolute atomic E-state index is 11.6. The fourth-order valence-electron chi connectivity index (χ4n) is 1.66. The van der Waals surface area contributed by atoms with E-state index in [1.807, 2.05) is 26.8 Å². The lowest BCUT2D eigenvalue weighted by Crippen LogP contribution is -2.34. The minimum Gasteiger partial charge on any atom is -0.444 e. The van der Waals surface area contributed by atoms with Crippen LogP contribution in [0.2, 0.25) is 0 Å². The number of hydrogen-bond acceptors (Lipinski definition) is 4. The number of H-pyrrole nitrogens is 1. The van der Waals surface area contributed by atoms with Crippen LogP contribution in [0.25, 0.3) is 0 Å². The van der Waals surface area contributed by atoms with Crippen LogP contribution in [-0.4, -0.2) is 21.9 Å². The fourth-order valence-corrected chi connectivity index (χ4v) is 2.06. The molecule has 0 atom stereocenters. The van der Waals surface area contributed by atoms with Crippen molar-refractivity contribution in [1.29, 1.82) is 5.26 Å². The molecule has 1 amide bonds. The smallest absolute Gasteiger partial charge is 0.407 e. The molecule has 0 fully saturated rings. The molecule has 0 aromatic carbocycles. The molecule has 1 aromatic rings. The number of nitrogens with zero attached hydrogens (tertiary/aromatic N) is 2. The molecule has 7 heteroatoms. The Kier molecular flexibility index (Phi) is 5.36. The van der Waals surface area contributed by atoms with Gasteiger partial charge in [-0.05, 0) is 36.2 Å². The average molecular weight is 329 g/mol. The molecule has 0 bridgehead atoms. The Balaban J connectivity index is 2.51. The average Bonchev–Trinajstić information content (AvgIpc) is 2.66. The summed E-state index contributed by atoms with van der Waals surface area (Å²) < 4.78 is 5.87. The first-order valence-electron chi connectivity index (χ1n) is 5.99. The van der Waals surface area contributed by atoms with Crippen LogP contribution in [0.5, 0.6) is 0 Å². The number of carbonyl (C=O) groups excluding carboxylic acids is 1. The Morgan fingerprint density at radius 1 is 1.63 bits per heavy atom. The largest absolute Gasteiger partial charge is 0.444 e. The van der Waals surface area contributed by atoms with Crippen molar-refractivity contribution >= 4 is 22.0 Å². The van der Waals surface area contributed by atoms with Crippen molar-refractivity contribution in [2.24, 2.45) is 0 Å². The molecular weight excluding hydrogens is 312 g/mol. The number of nitriles is 1. The van der Waals surface area contributed by atoms with Gasteiger partial charge in [0.15, 0.2) is 5.69 Å². The molecule has 0 saturated carbocycles. The van der Waals surface area contributed by atoms with Crippen LogP contribution < -0.4 is 5.32 Å². The number of carbonyl (C=O) groups is 1. The number of ether oxygens (including phenoxy) is 1. The zero-order valence-corrected chi connectivity index (χ0v) is 12.8. The number of alkyl carbamates (subject to hydrolysis) is 1. The highest BCUT2D eigenvalue weighted by molar-refractivity contribution is 9.10. The molecule has 0 aliphatic rings. The highest BCUT2D eigenvalue weighted by Crippen LogP contribution is 2.19. The van der Waals surface area contributed by atoms with Gasteiger partial charge in [0.2, 0.25) is 0 Å². The summed E-state index contributed by atoms with van der Waals surface area (Å²) in [6, 6.07) is 1.93. The van der Waals surface area contributed by atoms with E-state index in [-0.39, 0.29) is 12.2 Å². The quantitative estimate of drug-likeness (QED) is 0.869. The van der Waals surface area contributed by atoms with Gasteiger partial charge in [0.05, 0.1) is 16.7 Å². The normalized spacial score (nSPS) is 10.9. The van der Waals surface area contributed by atoms with Crippen molar-refractivity contribution in [3.8, 4) is 6.07 Å². The molecule has 104 valence electrons. The van der Waals surface area contributed by atoms with Crippen LogP contribution in [0, 0.1) is 11.3 Å². The number of aromatic amines is 1. The van der Waals surface area contributed by atoms with Gasteiger partial charge in [0.1, 0.15) is 11.7 Å². The van der Waals surface area contributed by atoms with E-state index in [2.05, 4.69) is 31.4 Å². The Bertz CT molecular complexity index is 490. The molecule has 0 radical (unpaired) electrons. The van der Waals surface area contributed by atoms with Gasteiger partial charge in [0, 0.05) is 0 Å². The number of aromatic nitrogens is 2. The van der Waals surface area contributed by atoms with Crippen LogP contribution >= 0.6 is 15.9 Å². The number of hydrogen-bond donors (Lipinski definition) is 2. The second-order valence-corrected chi connectivity index (χ2v) is 5.52. The minimum atomic E-state index is -0.488. The first kappa shape index (κ1) is 15.5. The van der Waals surface area contributed by atoms with E-state index in [1.165, 1.54) is 0 Å². The Hall–Kier alpha value is -1.55. The Morgan fingerprint density at radius 2 is 2.32 bits per heavy atom. The second kappa shape index (κ2) is 6.57. The van der Waals surface area contributed by atoms with Crippen molar-refractivity contribution in [1.82, 2.24) is 15.5 Å². The van der Waals surface area contributed by atoms with E-state index in [1.54, 1.807) is 0 Å². The standard InChI is InChI=1S/C12H17BrN4O2/c1-4-5-12(2,3)19-11(18)15-7-9-10(13)8(6-14)16-17-9/h4-5,7H2,1-3H3,(H,15,18)(H,16,17). The number of rotatable bonds is 5. The first-order valence-corrected chi connectivity index (χ1v) is 6.78. The van der Waals surface area contributed by atoms with E-state index in [4.69, 9.17) is 10.00 Å². The van der Waals surface area contributed by atoms with Gasteiger partial charge < -0.3 is 10.1 Å². The number of nitrogens with one attached hydrogen (secondary N) is 2.